The lowest BCUT2D eigenvalue weighted by Crippen LogP contribution is -2.10. The molecular formula is C13H22. The third-order valence-electron chi connectivity index (χ3n) is 2.23. The molecule has 0 unspecified atom stereocenters. The van der Waals surface area contributed by atoms with E-state index in [1.54, 1.807) is 0 Å². The van der Waals surface area contributed by atoms with Crippen LogP contribution in [0.25, 0.3) is 0 Å². The summed E-state index contributed by atoms with van der Waals surface area (Å²) >= 11 is 0. The lowest BCUT2D eigenvalue weighted by atomic mass is 9.86. The molecule has 0 amide bonds. The summed E-state index contributed by atoms with van der Waals surface area (Å²) in [5.74, 6) is 0. The summed E-state index contributed by atoms with van der Waals surface area (Å²) in [6.07, 6.45) is 1.13. The molecule has 0 heterocycles. The molecule has 0 spiro atoms. The topological polar surface area (TPSA) is 0 Å². The molecule has 0 aliphatic carbocycles. The molecule has 13 heavy (non-hydrogen) atoms. The number of aryl methyl sites for hydroxylation is 1. The van der Waals surface area contributed by atoms with Crippen LogP contribution in [0.4, 0.5) is 0 Å². The molecule has 0 radical (unpaired) electrons. The highest BCUT2D eigenvalue weighted by molar-refractivity contribution is 5.27. The van der Waals surface area contributed by atoms with Crippen molar-refractivity contribution in [1.29, 1.82) is 0 Å². The standard InChI is InChI=1S/C12H18.CH4/c1-5-10-6-8-11(9-7-10)12(2,3)4;/h6-9H,5H2,1-4H3;1H4. The van der Waals surface area contributed by atoms with Gasteiger partial charge in [0.05, 0.1) is 0 Å². The SMILES string of the molecule is C.CCc1ccc(C(C)(C)C)cc1. The van der Waals surface area contributed by atoms with Crippen LogP contribution in [-0.4, -0.2) is 0 Å². The molecule has 0 saturated carbocycles. The molecule has 0 aromatic heterocycles. The third-order valence-corrected chi connectivity index (χ3v) is 2.23. The van der Waals surface area contributed by atoms with Crippen LogP contribution in [0.15, 0.2) is 24.3 Å². The summed E-state index contributed by atoms with van der Waals surface area (Å²) in [7, 11) is 0. The van der Waals surface area contributed by atoms with E-state index in [9.17, 15) is 0 Å². The number of hydrogen-bond donors (Lipinski definition) is 0. The van der Waals surface area contributed by atoms with Crippen LogP contribution in [-0.2, 0) is 11.8 Å². The molecule has 74 valence electrons. The Balaban J connectivity index is 0.00000144. The molecular weight excluding hydrogens is 156 g/mol. The Bertz CT molecular complexity index is 236. The first-order valence-corrected chi connectivity index (χ1v) is 4.63. The first kappa shape index (κ1) is 12.2. The van der Waals surface area contributed by atoms with Crippen LogP contribution in [0.2, 0.25) is 0 Å². The van der Waals surface area contributed by atoms with Crippen molar-refractivity contribution >= 4 is 0 Å². The minimum atomic E-state index is 0. The van der Waals surface area contributed by atoms with Gasteiger partial charge in [-0.25, -0.2) is 0 Å². The fourth-order valence-electron chi connectivity index (χ4n) is 1.24. The molecule has 1 rings (SSSR count). The van der Waals surface area contributed by atoms with E-state index in [-0.39, 0.29) is 12.8 Å². The Hall–Kier alpha value is -0.780. The van der Waals surface area contributed by atoms with E-state index in [1.807, 2.05) is 0 Å². The van der Waals surface area contributed by atoms with Gasteiger partial charge in [-0.2, -0.15) is 0 Å². The average Bonchev–Trinajstić information content (AvgIpc) is 2.03. The molecule has 1 aromatic carbocycles. The third kappa shape index (κ3) is 3.22. The first-order chi connectivity index (χ1) is 5.54. The van der Waals surface area contributed by atoms with Crippen LogP contribution >= 0.6 is 0 Å². The van der Waals surface area contributed by atoms with Gasteiger partial charge in [-0.1, -0.05) is 59.4 Å². The molecule has 0 atom stereocenters. The maximum absolute atomic E-state index is 2.24. The van der Waals surface area contributed by atoms with E-state index >= 15 is 0 Å². The van der Waals surface area contributed by atoms with E-state index in [0.29, 0.717) is 0 Å². The van der Waals surface area contributed by atoms with Gasteiger partial charge in [-0.3, -0.25) is 0 Å². The Labute approximate surface area is 83.0 Å². The van der Waals surface area contributed by atoms with Crippen molar-refractivity contribution in [2.75, 3.05) is 0 Å². The number of benzene rings is 1. The fourth-order valence-corrected chi connectivity index (χ4v) is 1.24. The Morgan fingerprint density at radius 3 is 1.77 bits per heavy atom. The Morgan fingerprint density at radius 1 is 1.00 bits per heavy atom. The zero-order valence-corrected chi connectivity index (χ0v) is 8.52. The van der Waals surface area contributed by atoms with Crippen LogP contribution in [0.3, 0.4) is 0 Å². The van der Waals surface area contributed by atoms with Gasteiger partial charge in [0.25, 0.3) is 0 Å². The van der Waals surface area contributed by atoms with Crippen molar-refractivity contribution in [2.45, 2.75) is 47.0 Å². The predicted octanol–water partition coefficient (Wildman–Crippen LogP) is 4.18. The summed E-state index contributed by atoms with van der Waals surface area (Å²) in [4.78, 5) is 0. The molecule has 0 N–H and O–H groups in total. The molecule has 1 aromatic rings. The number of rotatable bonds is 1. The van der Waals surface area contributed by atoms with Gasteiger partial charge in [-0.15, -0.1) is 0 Å². The minimum Gasteiger partial charge on any atom is -0.0776 e. The molecule has 0 saturated heterocycles. The second-order valence-electron chi connectivity index (χ2n) is 4.30. The van der Waals surface area contributed by atoms with Crippen molar-refractivity contribution in [1.82, 2.24) is 0 Å². The van der Waals surface area contributed by atoms with E-state index in [1.165, 1.54) is 11.1 Å². The van der Waals surface area contributed by atoms with Gasteiger partial charge in [-0.05, 0) is 23.0 Å². The van der Waals surface area contributed by atoms with Gasteiger partial charge < -0.3 is 0 Å². The zero-order chi connectivity index (χ0) is 9.19. The molecule has 0 fully saturated rings. The summed E-state index contributed by atoms with van der Waals surface area (Å²) in [6, 6.07) is 8.92. The van der Waals surface area contributed by atoms with Crippen molar-refractivity contribution in [3.63, 3.8) is 0 Å². The summed E-state index contributed by atoms with van der Waals surface area (Å²) < 4.78 is 0. The summed E-state index contributed by atoms with van der Waals surface area (Å²) in [5, 5.41) is 0. The smallest absolute Gasteiger partial charge is 0.0132 e. The lowest BCUT2D eigenvalue weighted by Gasteiger charge is -2.18. The van der Waals surface area contributed by atoms with E-state index < -0.39 is 0 Å². The average molecular weight is 178 g/mol. The highest BCUT2D eigenvalue weighted by Crippen LogP contribution is 2.22. The summed E-state index contributed by atoms with van der Waals surface area (Å²) in [5.41, 5.74) is 3.12. The number of hydrogen-bond acceptors (Lipinski definition) is 0. The fraction of sp³-hybridized carbons (Fsp3) is 0.538. The Morgan fingerprint density at radius 2 is 1.46 bits per heavy atom. The van der Waals surface area contributed by atoms with Crippen LogP contribution in [0.1, 0.15) is 46.2 Å². The van der Waals surface area contributed by atoms with Crippen molar-refractivity contribution in [3.05, 3.63) is 35.4 Å². The molecule has 0 nitrogen and oxygen atoms in total. The zero-order valence-electron chi connectivity index (χ0n) is 8.52. The second-order valence-corrected chi connectivity index (χ2v) is 4.30. The van der Waals surface area contributed by atoms with Crippen LogP contribution in [0, 0.1) is 0 Å². The van der Waals surface area contributed by atoms with E-state index in [2.05, 4.69) is 52.0 Å². The van der Waals surface area contributed by atoms with Crippen molar-refractivity contribution in [2.24, 2.45) is 0 Å². The quantitative estimate of drug-likeness (QED) is 0.605. The minimum absolute atomic E-state index is 0. The van der Waals surface area contributed by atoms with Crippen LogP contribution < -0.4 is 0 Å². The van der Waals surface area contributed by atoms with Crippen molar-refractivity contribution < 1.29 is 0 Å². The monoisotopic (exact) mass is 178 g/mol. The van der Waals surface area contributed by atoms with Crippen LogP contribution in [0.5, 0.6) is 0 Å². The van der Waals surface area contributed by atoms with Gasteiger partial charge in [0, 0.05) is 0 Å². The first-order valence-electron chi connectivity index (χ1n) is 4.63. The van der Waals surface area contributed by atoms with Gasteiger partial charge in [0.2, 0.25) is 0 Å². The normalized spacial score (nSPS) is 10.8. The van der Waals surface area contributed by atoms with E-state index in [4.69, 9.17) is 0 Å². The van der Waals surface area contributed by atoms with Crippen molar-refractivity contribution in [3.8, 4) is 0 Å². The maximum atomic E-state index is 2.24. The second kappa shape index (κ2) is 4.45. The lowest BCUT2D eigenvalue weighted by molar-refractivity contribution is 0.590. The summed E-state index contributed by atoms with van der Waals surface area (Å²) in [6.45, 7) is 8.92. The predicted molar refractivity (Wildman–Crippen MR) is 61.3 cm³/mol. The van der Waals surface area contributed by atoms with E-state index in [0.717, 1.165) is 6.42 Å². The highest BCUT2D eigenvalue weighted by Gasteiger charge is 2.12. The molecule has 0 bridgehead atoms. The van der Waals surface area contributed by atoms with Gasteiger partial charge >= 0.3 is 0 Å². The Kier molecular flexibility index (Phi) is 4.19. The largest absolute Gasteiger partial charge is 0.0776 e. The van der Waals surface area contributed by atoms with Gasteiger partial charge in [0.1, 0.15) is 0 Å². The van der Waals surface area contributed by atoms with Gasteiger partial charge in [0.15, 0.2) is 0 Å². The molecule has 0 aliphatic heterocycles. The molecule has 0 heteroatoms. The maximum Gasteiger partial charge on any atom is -0.0132 e. The highest BCUT2D eigenvalue weighted by atomic mass is 14.2. The molecule has 0 aliphatic rings.